The van der Waals surface area contributed by atoms with E-state index < -0.39 is 46.5 Å². The fraction of sp³-hybridized carbons (Fsp3) is 0.244. The van der Waals surface area contributed by atoms with E-state index in [0.29, 0.717) is 22.9 Å². The average Bonchev–Trinajstić information content (AvgIpc) is 3.64. The fourth-order valence-corrected chi connectivity index (χ4v) is 6.59. The number of ether oxygens (including phenoxy) is 3. The maximum Gasteiger partial charge on any atom is 0.416 e. The highest BCUT2D eigenvalue weighted by Gasteiger charge is 2.46. The molecule has 0 radical (unpaired) electrons. The molecule has 1 aliphatic rings. The van der Waals surface area contributed by atoms with E-state index in [-0.39, 0.29) is 47.7 Å². The molecule has 1 aliphatic heterocycles. The van der Waals surface area contributed by atoms with Gasteiger partial charge >= 0.3 is 18.2 Å². The first kappa shape index (κ1) is 40.1. The summed E-state index contributed by atoms with van der Waals surface area (Å²) in [5.41, 5.74) is 1.71. The number of hydrogen-bond donors (Lipinski definition) is 2. The number of carbonyl (C=O) groups is 5. The van der Waals surface area contributed by atoms with Crippen LogP contribution in [0.3, 0.4) is 0 Å². The Labute approximate surface area is 337 Å². The van der Waals surface area contributed by atoms with Gasteiger partial charge in [0.05, 0.1) is 16.8 Å². The second-order valence-corrected chi connectivity index (χ2v) is 15.9. The third-order valence-corrected chi connectivity index (χ3v) is 9.16. The van der Waals surface area contributed by atoms with E-state index >= 15 is 0 Å². The monoisotopic (exact) mass is 818 g/mol. The average molecular weight is 820 g/mol. The minimum absolute atomic E-state index is 0.0221. The molecule has 1 aromatic heterocycles. The quantitative estimate of drug-likeness (QED) is 0.0723. The Morgan fingerprint density at radius 1 is 0.821 bits per heavy atom. The smallest absolute Gasteiger partial charge is 0.416 e. The second-order valence-electron chi connectivity index (χ2n) is 13.4. The highest BCUT2D eigenvalue weighted by molar-refractivity contribution is 6.67. The number of amides is 3. The van der Waals surface area contributed by atoms with Crippen LogP contribution in [0.1, 0.15) is 46.5 Å². The number of hydrogen-bond acceptors (Lipinski definition) is 8. The van der Waals surface area contributed by atoms with E-state index in [1.54, 1.807) is 66.7 Å². The zero-order valence-electron chi connectivity index (χ0n) is 30.2. The van der Waals surface area contributed by atoms with Crippen LogP contribution in [0.2, 0.25) is 0 Å². The van der Waals surface area contributed by atoms with E-state index in [0.717, 1.165) is 5.56 Å². The second kappa shape index (κ2) is 17.5. The minimum atomic E-state index is -1.86. The first-order valence-corrected chi connectivity index (χ1v) is 18.8. The Bertz CT molecular complexity index is 2240. The summed E-state index contributed by atoms with van der Waals surface area (Å²) in [5, 5.41) is 5.80. The summed E-state index contributed by atoms with van der Waals surface area (Å²) in [6, 6.07) is 28.3. The number of aromatic nitrogens is 1. The molecule has 3 amide bonds. The van der Waals surface area contributed by atoms with Gasteiger partial charge in [-0.2, -0.15) is 0 Å². The molecule has 2 N–H and O–H groups in total. The Kier molecular flexibility index (Phi) is 12.5. The van der Waals surface area contributed by atoms with Crippen molar-refractivity contribution in [2.24, 2.45) is 5.92 Å². The van der Waals surface area contributed by atoms with Crippen molar-refractivity contribution in [1.82, 2.24) is 9.88 Å². The molecule has 0 spiro atoms. The van der Waals surface area contributed by atoms with Crippen molar-refractivity contribution in [3.8, 4) is 5.75 Å². The molecular formula is C41H37Cl3N4O8. The van der Waals surface area contributed by atoms with Crippen LogP contribution < -0.4 is 20.3 Å². The van der Waals surface area contributed by atoms with Gasteiger partial charge in [0, 0.05) is 17.4 Å². The maximum atomic E-state index is 14.3. The molecule has 2 heterocycles. The Hall–Kier alpha value is -5.56. The van der Waals surface area contributed by atoms with Crippen molar-refractivity contribution in [3.63, 3.8) is 0 Å². The van der Waals surface area contributed by atoms with Crippen molar-refractivity contribution in [2.75, 3.05) is 16.8 Å². The first-order chi connectivity index (χ1) is 26.8. The van der Waals surface area contributed by atoms with Crippen LogP contribution in [0.25, 0.3) is 10.9 Å². The minimum Gasteiger partial charge on any atom is -0.445 e. The highest BCUT2D eigenvalue weighted by atomic mass is 35.6. The van der Waals surface area contributed by atoms with Crippen molar-refractivity contribution in [1.29, 1.82) is 0 Å². The number of anilines is 2. The van der Waals surface area contributed by atoms with E-state index in [1.807, 2.05) is 44.2 Å². The van der Waals surface area contributed by atoms with Crippen molar-refractivity contribution in [3.05, 3.63) is 126 Å². The molecule has 15 heteroatoms. The van der Waals surface area contributed by atoms with Crippen LogP contribution in [0.4, 0.5) is 21.1 Å². The molecule has 4 aromatic carbocycles. The Balaban J connectivity index is 1.38. The number of fused-ring (bicyclic) bond motifs is 3. The van der Waals surface area contributed by atoms with E-state index in [2.05, 4.69) is 10.6 Å². The van der Waals surface area contributed by atoms with Crippen LogP contribution in [-0.4, -0.2) is 57.0 Å². The number of para-hydroxylation sites is 3. The predicted octanol–water partition coefficient (Wildman–Crippen LogP) is 8.72. The molecule has 12 nitrogen and oxygen atoms in total. The predicted molar refractivity (Wildman–Crippen MR) is 214 cm³/mol. The third kappa shape index (κ3) is 9.44. The van der Waals surface area contributed by atoms with E-state index in [9.17, 15) is 24.0 Å². The van der Waals surface area contributed by atoms with Crippen LogP contribution in [-0.2, 0) is 27.3 Å². The number of rotatable bonds is 12. The Morgan fingerprint density at radius 2 is 1.46 bits per heavy atom. The number of nitrogens with zero attached hydrogens (tertiary/aromatic N) is 2. The lowest BCUT2D eigenvalue weighted by atomic mass is 10.00. The maximum absolute atomic E-state index is 14.3. The lowest BCUT2D eigenvalue weighted by Gasteiger charge is -2.25. The van der Waals surface area contributed by atoms with Gasteiger partial charge in [-0.05, 0) is 48.2 Å². The van der Waals surface area contributed by atoms with Gasteiger partial charge in [-0.3, -0.25) is 19.5 Å². The van der Waals surface area contributed by atoms with Gasteiger partial charge in [-0.1, -0.05) is 128 Å². The van der Waals surface area contributed by atoms with Gasteiger partial charge in [0.1, 0.15) is 36.9 Å². The summed E-state index contributed by atoms with van der Waals surface area (Å²) in [6.07, 6.45) is -1.62. The molecule has 0 fully saturated rings. The van der Waals surface area contributed by atoms with Crippen molar-refractivity contribution < 1.29 is 38.2 Å². The van der Waals surface area contributed by atoms with Crippen LogP contribution in [0, 0.1) is 5.92 Å². The molecule has 5 aromatic rings. The summed E-state index contributed by atoms with van der Waals surface area (Å²) in [7, 11) is 0. The standard InChI is InChI=1S/C41H37Cl3N4O8/c1-25(2)21-34-37(50)47-33-20-12-10-17-28(33)30(36(47)48(34)40(53)54-23-26-13-5-3-6-14-26)22-32(38(51)56-27-15-7-4-8-16-27)45-35(49)29-18-9-11-19-31(29)46-39(52)55-24-41(42,43)44/h3-20,25,32,34H,21-24H2,1-2H3,(H,45,49)(H,46,52)/t32-,34-/m0/s1. The molecule has 290 valence electrons. The van der Waals surface area contributed by atoms with Gasteiger partial charge in [0.25, 0.3) is 11.8 Å². The van der Waals surface area contributed by atoms with Crippen LogP contribution in [0.5, 0.6) is 5.75 Å². The summed E-state index contributed by atoms with van der Waals surface area (Å²) < 4.78 is 16.1. The van der Waals surface area contributed by atoms with Gasteiger partial charge in [-0.25, -0.2) is 19.3 Å². The van der Waals surface area contributed by atoms with E-state index in [1.165, 1.54) is 21.6 Å². The zero-order valence-corrected chi connectivity index (χ0v) is 32.5. The Morgan fingerprint density at radius 3 is 2.16 bits per heavy atom. The molecule has 56 heavy (non-hydrogen) atoms. The SMILES string of the molecule is CC(C)C[C@H]1C(=O)n2c(c(C[C@H](NC(=O)c3ccccc3NC(=O)OCC(Cl)(Cl)Cl)C(=O)Oc3ccccc3)c3ccccc32)N1C(=O)OCc1ccccc1. The summed E-state index contributed by atoms with van der Waals surface area (Å²) in [5.74, 6) is -1.45. The normalized spacial score (nSPS) is 14.3. The summed E-state index contributed by atoms with van der Waals surface area (Å²) in [4.78, 5) is 70.4. The molecule has 0 unspecified atom stereocenters. The molecule has 0 saturated heterocycles. The molecule has 0 aliphatic carbocycles. The van der Waals surface area contributed by atoms with Gasteiger partial charge in [0.2, 0.25) is 3.79 Å². The number of benzene rings is 4. The number of esters is 1. The lowest BCUT2D eigenvalue weighted by Crippen LogP contribution is -2.45. The summed E-state index contributed by atoms with van der Waals surface area (Å²) >= 11 is 17.1. The topological polar surface area (TPSA) is 145 Å². The first-order valence-electron chi connectivity index (χ1n) is 17.6. The zero-order chi connectivity index (χ0) is 40.0. The molecule has 6 rings (SSSR count). The molecule has 2 atom stereocenters. The largest absolute Gasteiger partial charge is 0.445 e. The van der Waals surface area contributed by atoms with E-state index in [4.69, 9.17) is 49.0 Å². The molecular weight excluding hydrogens is 783 g/mol. The third-order valence-electron chi connectivity index (χ3n) is 8.83. The van der Waals surface area contributed by atoms with Crippen LogP contribution in [0.15, 0.2) is 109 Å². The van der Waals surface area contributed by atoms with Crippen LogP contribution >= 0.6 is 34.8 Å². The molecule has 0 bridgehead atoms. The molecule has 0 saturated carbocycles. The number of halogens is 3. The number of carbonyl (C=O) groups excluding carboxylic acids is 5. The lowest BCUT2D eigenvalue weighted by molar-refractivity contribution is -0.136. The van der Waals surface area contributed by atoms with Gasteiger partial charge in [-0.15, -0.1) is 0 Å². The van der Waals surface area contributed by atoms with Gasteiger partial charge < -0.3 is 19.5 Å². The highest BCUT2D eigenvalue weighted by Crippen LogP contribution is 2.41. The number of nitrogens with one attached hydrogen (secondary N) is 2. The van der Waals surface area contributed by atoms with Gasteiger partial charge in [0.15, 0.2) is 0 Å². The number of alkyl halides is 3. The summed E-state index contributed by atoms with van der Waals surface area (Å²) in [6.45, 7) is 3.30. The van der Waals surface area contributed by atoms with Crippen molar-refractivity contribution >= 4 is 87.2 Å². The fourth-order valence-electron chi connectivity index (χ4n) is 6.43. The van der Waals surface area contributed by atoms with Crippen molar-refractivity contribution in [2.45, 2.75) is 49.2 Å².